The maximum atomic E-state index is 13.1. The van der Waals surface area contributed by atoms with Crippen LogP contribution in [0.3, 0.4) is 0 Å². The zero-order valence-corrected chi connectivity index (χ0v) is 15.7. The molecule has 0 N–H and O–H groups in total. The SMILES string of the molecule is CO/N=C(\C#CC1CCN(C(=O)OC(C)(C)C)CC1)c1ccc(F)cc1. The second-order valence-corrected chi connectivity index (χ2v) is 7.14. The molecule has 1 heterocycles. The first-order valence-corrected chi connectivity index (χ1v) is 8.65. The van der Waals surface area contributed by atoms with E-state index in [9.17, 15) is 9.18 Å². The van der Waals surface area contributed by atoms with E-state index < -0.39 is 5.60 Å². The molecule has 26 heavy (non-hydrogen) atoms. The van der Waals surface area contributed by atoms with Crippen molar-refractivity contribution in [2.75, 3.05) is 20.2 Å². The third-order valence-corrected chi connectivity index (χ3v) is 3.84. The fourth-order valence-corrected chi connectivity index (χ4v) is 2.55. The normalized spacial score (nSPS) is 15.9. The molecule has 0 atom stereocenters. The molecule has 5 nitrogen and oxygen atoms in total. The Labute approximate surface area is 154 Å². The van der Waals surface area contributed by atoms with Crippen LogP contribution in [0.1, 0.15) is 39.2 Å². The van der Waals surface area contributed by atoms with Gasteiger partial charge in [0.25, 0.3) is 0 Å². The van der Waals surface area contributed by atoms with Gasteiger partial charge < -0.3 is 14.5 Å². The summed E-state index contributed by atoms with van der Waals surface area (Å²) in [6, 6.07) is 5.96. The Bertz CT molecular complexity index is 703. The van der Waals surface area contributed by atoms with Crippen LogP contribution in [0.2, 0.25) is 0 Å². The highest BCUT2D eigenvalue weighted by molar-refractivity contribution is 6.12. The maximum Gasteiger partial charge on any atom is 0.410 e. The summed E-state index contributed by atoms with van der Waals surface area (Å²) >= 11 is 0. The van der Waals surface area contributed by atoms with E-state index in [0.29, 0.717) is 24.4 Å². The van der Waals surface area contributed by atoms with Crippen molar-refractivity contribution < 1.29 is 18.8 Å². The molecule has 0 saturated carbocycles. The van der Waals surface area contributed by atoms with Gasteiger partial charge in [-0.2, -0.15) is 0 Å². The molecule has 0 unspecified atom stereocenters. The van der Waals surface area contributed by atoms with Crippen molar-refractivity contribution >= 4 is 11.8 Å². The van der Waals surface area contributed by atoms with E-state index in [1.807, 2.05) is 20.8 Å². The van der Waals surface area contributed by atoms with Gasteiger partial charge in [0.2, 0.25) is 0 Å². The van der Waals surface area contributed by atoms with E-state index >= 15 is 0 Å². The number of halogens is 1. The number of carbonyl (C=O) groups is 1. The van der Waals surface area contributed by atoms with Gasteiger partial charge in [0.05, 0.1) is 0 Å². The van der Waals surface area contributed by atoms with E-state index in [0.717, 1.165) is 12.8 Å². The lowest BCUT2D eigenvalue weighted by molar-refractivity contribution is 0.0199. The van der Waals surface area contributed by atoms with Crippen LogP contribution in [0.4, 0.5) is 9.18 Å². The minimum absolute atomic E-state index is 0.163. The Morgan fingerprint density at radius 3 is 2.38 bits per heavy atom. The monoisotopic (exact) mass is 360 g/mol. The number of piperidine rings is 1. The van der Waals surface area contributed by atoms with Gasteiger partial charge >= 0.3 is 6.09 Å². The Morgan fingerprint density at radius 2 is 1.85 bits per heavy atom. The number of ether oxygens (including phenoxy) is 1. The molecule has 1 saturated heterocycles. The van der Waals surface area contributed by atoms with E-state index in [2.05, 4.69) is 17.0 Å². The first-order valence-electron chi connectivity index (χ1n) is 8.65. The number of likely N-dealkylation sites (tertiary alicyclic amines) is 1. The van der Waals surface area contributed by atoms with Crippen LogP contribution in [-0.2, 0) is 9.57 Å². The van der Waals surface area contributed by atoms with Gasteiger partial charge in [-0.05, 0) is 63.8 Å². The molecule has 6 heteroatoms. The number of oxime groups is 1. The van der Waals surface area contributed by atoms with E-state index in [1.165, 1.54) is 19.2 Å². The maximum absolute atomic E-state index is 13.1. The summed E-state index contributed by atoms with van der Waals surface area (Å²) in [5.74, 6) is 6.07. The largest absolute Gasteiger partial charge is 0.444 e. The second kappa shape index (κ2) is 8.70. The first-order chi connectivity index (χ1) is 12.3. The summed E-state index contributed by atoms with van der Waals surface area (Å²) in [5.41, 5.74) is 0.669. The van der Waals surface area contributed by atoms with Crippen molar-refractivity contribution in [1.82, 2.24) is 4.90 Å². The molecule has 2 rings (SSSR count). The molecule has 1 aromatic rings. The van der Waals surface area contributed by atoms with Gasteiger partial charge in [0.15, 0.2) is 5.71 Å². The number of carbonyl (C=O) groups excluding carboxylic acids is 1. The smallest absolute Gasteiger partial charge is 0.410 e. The number of rotatable bonds is 2. The standard InChI is InChI=1S/C20H25FN2O3/c1-20(2,3)26-19(24)23-13-11-15(12-14-23)5-10-18(22-25-4)16-6-8-17(21)9-7-16/h6-9,15H,11-14H2,1-4H3/b22-18+. The minimum Gasteiger partial charge on any atom is -0.444 e. The molecule has 0 aromatic heterocycles. The third kappa shape index (κ3) is 6.07. The Kier molecular flexibility index (Phi) is 6.62. The zero-order chi connectivity index (χ0) is 19.2. The lowest BCUT2D eigenvalue weighted by Crippen LogP contribution is -2.41. The molecule has 0 radical (unpaired) electrons. The predicted molar refractivity (Wildman–Crippen MR) is 98.3 cm³/mol. The van der Waals surface area contributed by atoms with E-state index in [-0.39, 0.29) is 17.8 Å². The van der Waals surface area contributed by atoms with Gasteiger partial charge in [-0.1, -0.05) is 11.1 Å². The molecule has 1 amide bonds. The molecule has 0 aliphatic carbocycles. The average molecular weight is 360 g/mol. The van der Waals surface area contributed by atoms with Crippen molar-refractivity contribution in [3.05, 3.63) is 35.6 Å². The van der Waals surface area contributed by atoms with Crippen molar-refractivity contribution in [2.45, 2.75) is 39.2 Å². The van der Waals surface area contributed by atoms with Gasteiger partial charge in [-0.15, -0.1) is 0 Å². The molecule has 140 valence electrons. The highest BCUT2D eigenvalue weighted by atomic mass is 19.1. The van der Waals surface area contributed by atoms with Crippen molar-refractivity contribution in [3.8, 4) is 11.8 Å². The number of hydrogen-bond donors (Lipinski definition) is 0. The number of amides is 1. The van der Waals surface area contributed by atoms with Gasteiger partial charge in [0, 0.05) is 24.6 Å². The molecule has 0 spiro atoms. The second-order valence-electron chi connectivity index (χ2n) is 7.14. The zero-order valence-electron chi connectivity index (χ0n) is 15.7. The summed E-state index contributed by atoms with van der Waals surface area (Å²) in [6.45, 7) is 6.79. The van der Waals surface area contributed by atoms with Gasteiger partial charge in [-0.25, -0.2) is 9.18 Å². The van der Waals surface area contributed by atoms with Gasteiger partial charge in [-0.3, -0.25) is 0 Å². The van der Waals surface area contributed by atoms with Crippen LogP contribution in [0.15, 0.2) is 29.4 Å². The Morgan fingerprint density at radius 1 is 1.23 bits per heavy atom. The quantitative estimate of drug-likeness (QED) is 0.458. The highest BCUT2D eigenvalue weighted by Gasteiger charge is 2.26. The minimum atomic E-state index is -0.492. The van der Waals surface area contributed by atoms with Crippen molar-refractivity contribution in [2.24, 2.45) is 11.1 Å². The number of benzene rings is 1. The fraction of sp³-hybridized carbons (Fsp3) is 0.500. The third-order valence-electron chi connectivity index (χ3n) is 3.84. The molecular weight excluding hydrogens is 335 g/mol. The van der Waals surface area contributed by atoms with Crippen LogP contribution in [0.25, 0.3) is 0 Å². The average Bonchev–Trinajstić information content (AvgIpc) is 2.58. The summed E-state index contributed by atoms with van der Waals surface area (Å²) in [6.07, 6.45) is 1.27. The van der Waals surface area contributed by atoms with Crippen molar-refractivity contribution in [3.63, 3.8) is 0 Å². The Hall–Kier alpha value is -2.55. The molecule has 1 fully saturated rings. The van der Waals surface area contributed by atoms with Crippen LogP contribution >= 0.6 is 0 Å². The fourth-order valence-electron chi connectivity index (χ4n) is 2.55. The van der Waals surface area contributed by atoms with Crippen molar-refractivity contribution in [1.29, 1.82) is 0 Å². The summed E-state index contributed by atoms with van der Waals surface area (Å²) in [7, 11) is 1.45. The van der Waals surface area contributed by atoms with Gasteiger partial charge in [0.1, 0.15) is 18.5 Å². The molecule has 1 aromatic carbocycles. The van der Waals surface area contributed by atoms with Crippen LogP contribution in [-0.4, -0.2) is 42.5 Å². The topological polar surface area (TPSA) is 51.1 Å². The van der Waals surface area contributed by atoms with E-state index in [4.69, 9.17) is 9.57 Å². The molecule has 1 aliphatic rings. The molecular formula is C20H25FN2O3. The lowest BCUT2D eigenvalue weighted by Gasteiger charge is -2.31. The van der Waals surface area contributed by atoms with Crippen LogP contribution in [0, 0.1) is 23.6 Å². The van der Waals surface area contributed by atoms with Crippen LogP contribution in [0.5, 0.6) is 0 Å². The predicted octanol–water partition coefficient (Wildman–Crippen LogP) is 3.83. The number of hydrogen-bond acceptors (Lipinski definition) is 4. The summed E-state index contributed by atoms with van der Waals surface area (Å²) in [5, 5.41) is 3.93. The summed E-state index contributed by atoms with van der Waals surface area (Å²) in [4.78, 5) is 18.6. The molecule has 1 aliphatic heterocycles. The first kappa shape index (κ1) is 19.8. The van der Waals surface area contributed by atoms with Crippen LogP contribution < -0.4 is 0 Å². The molecule has 0 bridgehead atoms. The number of nitrogens with zero attached hydrogens (tertiary/aromatic N) is 2. The Balaban J connectivity index is 1.97. The highest BCUT2D eigenvalue weighted by Crippen LogP contribution is 2.19. The van der Waals surface area contributed by atoms with E-state index in [1.54, 1.807) is 17.0 Å². The summed E-state index contributed by atoms with van der Waals surface area (Å²) < 4.78 is 18.5. The lowest BCUT2D eigenvalue weighted by atomic mass is 9.97.